The Balaban J connectivity index is 1.50. The number of thioether (sulfide) groups is 1. The third kappa shape index (κ3) is 3.57. The van der Waals surface area contributed by atoms with Gasteiger partial charge in [-0.15, -0.1) is 21.5 Å². The van der Waals surface area contributed by atoms with Crippen LogP contribution in [0.4, 0.5) is 0 Å². The summed E-state index contributed by atoms with van der Waals surface area (Å²) in [6.07, 6.45) is 1.77. The average molecular weight is 379 g/mol. The van der Waals surface area contributed by atoms with Crippen molar-refractivity contribution in [3.05, 3.63) is 77.1 Å². The van der Waals surface area contributed by atoms with E-state index in [4.69, 9.17) is 4.98 Å². The summed E-state index contributed by atoms with van der Waals surface area (Å²) in [4.78, 5) is 4.77. The van der Waals surface area contributed by atoms with E-state index in [9.17, 15) is 0 Å². The van der Waals surface area contributed by atoms with Crippen LogP contribution in [0.2, 0.25) is 0 Å². The van der Waals surface area contributed by atoms with Crippen molar-refractivity contribution in [2.45, 2.75) is 24.8 Å². The number of rotatable bonds is 5. The van der Waals surface area contributed by atoms with Crippen LogP contribution in [0.5, 0.6) is 0 Å². The summed E-state index contributed by atoms with van der Waals surface area (Å²) in [5, 5.41) is 12.4. The highest BCUT2D eigenvalue weighted by molar-refractivity contribution is 7.98. The van der Waals surface area contributed by atoms with Gasteiger partial charge in [0.1, 0.15) is 11.3 Å². The minimum absolute atomic E-state index is 0.771. The predicted octanol–water partition coefficient (Wildman–Crippen LogP) is 5.30. The largest absolute Gasteiger partial charge is 0.276 e. The Labute approximate surface area is 161 Å². The fourth-order valence-electron chi connectivity index (χ4n) is 2.66. The number of nitrogens with zero attached hydrogens (tertiary/aromatic N) is 4. The zero-order chi connectivity index (χ0) is 17.9. The summed E-state index contributed by atoms with van der Waals surface area (Å²) in [5.74, 6) is 0.771. The molecule has 130 valence electrons. The molecule has 0 aliphatic rings. The van der Waals surface area contributed by atoms with Crippen molar-refractivity contribution in [2.75, 3.05) is 0 Å². The summed E-state index contributed by atoms with van der Waals surface area (Å²) in [7, 11) is 0. The van der Waals surface area contributed by atoms with Crippen molar-refractivity contribution in [3.8, 4) is 16.3 Å². The number of hydrogen-bond donors (Lipinski definition) is 0. The van der Waals surface area contributed by atoms with Crippen molar-refractivity contribution < 1.29 is 0 Å². The van der Waals surface area contributed by atoms with Crippen LogP contribution in [0.15, 0.2) is 65.4 Å². The van der Waals surface area contributed by atoms with Crippen molar-refractivity contribution in [3.63, 3.8) is 0 Å². The Morgan fingerprint density at radius 1 is 1.04 bits per heavy atom. The molecular formula is C20H18N4S2. The Morgan fingerprint density at radius 2 is 1.85 bits per heavy atom. The lowest BCUT2D eigenvalue weighted by Gasteiger charge is -2.08. The normalized spacial score (nSPS) is 11.0. The standard InChI is InChI=1S/C20H18N4S2/c1-14-7-9-16(10-8-14)19-22-17(11-25-19)12-26-20-23-21-13-24(20)18-6-4-3-5-15(18)2/h3-11,13H,12H2,1-2H3. The maximum absolute atomic E-state index is 4.77. The number of aryl methyl sites for hydroxylation is 2. The molecule has 0 saturated heterocycles. The topological polar surface area (TPSA) is 43.6 Å². The average Bonchev–Trinajstić information content (AvgIpc) is 3.30. The zero-order valence-corrected chi connectivity index (χ0v) is 16.2. The number of thiazole rings is 1. The van der Waals surface area contributed by atoms with Gasteiger partial charge in [0.25, 0.3) is 0 Å². The van der Waals surface area contributed by atoms with E-state index in [2.05, 4.69) is 65.8 Å². The quantitative estimate of drug-likeness (QED) is 0.442. The minimum Gasteiger partial charge on any atom is -0.276 e. The first-order chi connectivity index (χ1) is 12.7. The second-order valence-corrected chi connectivity index (χ2v) is 7.87. The summed E-state index contributed by atoms with van der Waals surface area (Å²) in [6, 6.07) is 16.7. The van der Waals surface area contributed by atoms with Crippen molar-refractivity contribution in [1.29, 1.82) is 0 Å². The minimum atomic E-state index is 0.771. The van der Waals surface area contributed by atoms with Gasteiger partial charge in [-0.1, -0.05) is 59.8 Å². The Morgan fingerprint density at radius 3 is 2.65 bits per heavy atom. The molecule has 0 N–H and O–H groups in total. The number of aromatic nitrogens is 4. The van der Waals surface area contributed by atoms with Crippen LogP contribution in [0, 0.1) is 13.8 Å². The highest BCUT2D eigenvalue weighted by Crippen LogP contribution is 2.28. The SMILES string of the molecule is Cc1ccc(-c2nc(CSc3nncn3-c3ccccc3C)cs2)cc1. The van der Waals surface area contributed by atoms with Gasteiger partial charge in [-0.25, -0.2) is 4.98 Å². The van der Waals surface area contributed by atoms with Crippen LogP contribution in [0.3, 0.4) is 0 Å². The van der Waals surface area contributed by atoms with Crippen molar-refractivity contribution in [1.82, 2.24) is 19.7 Å². The van der Waals surface area contributed by atoms with Gasteiger partial charge in [-0.05, 0) is 25.5 Å². The maximum Gasteiger partial charge on any atom is 0.196 e. The number of hydrogen-bond acceptors (Lipinski definition) is 5. The first-order valence-corrected chi connectivity index (χ1v) is 10.2. The summed E-state index contributed by atoms with van der Waals surface area (Å²) in [5.41, 5.74) is 5.80. The summed E-state index contributed by atoms with van der Waals surface area (Å²) >= 11 is 3.34. The molecule has 0 aliphatic heterocycles. The van der Waals surface area contributed by atoms with Gasteiger partial charge in [0.05, 0.1) is 11.4 Å². The lowest BCUT2D eigenvalue weighted by Crippen LogP contribution is -1.97. The molecule has 2 heterocycles. The van der Waals surface area contributed by atoms with Gasteiger partial charge in [0.15, 0.2) is 5.16 Å². The van der Waals surface area contributed by atoms with E-state index in [0.717, 1.165) is 27.3 Å². The third-order valence-electron chi connectivity index (χ3n) is 4.09. The molecule has 0 radical (unpaired) electrons. The highest BCUT2D eigenvalue weighted by Gasteiger charge is 2.11. The zero-order valence-electron chi connectivity index (χ0n) is 14.6. The van der Waals surface area contributed by atoms with E-state index in [-0.39, 0.29) is 0 Å². The first-order valence-electron chi connectivity index (χ1n) is 8.31. The van der Waals surface area contributed by atoms with E-state index in [1.54, 1.807) is 29.4 Å². The smallest absolute Gasteiger partial charge is 0.196 e. The van der Waals surface area contributed by atoms with E-state index < -0.39 is 0 Å². The van der Waals surface area contributed by atoms with Gasteiger partial charge >= 0.3 is 0 Å². The molecule has 0 fully saturated rings. The second kappa shape index (κ2) is 7.43. The van der Waals surface area contributed by atoms with Gasteiger partial charge in [0.2, 0.25) is 0 Å². The summed E-state index contributed by atoms with van der Waals surface area (Å²) < 4.78 is 2.03. The fraction of sp³-hybridized carbons (Fsp3) is 0.150. The van der Waals surface area contributed by atoms with Crippen LogP contribution < -0.4 is 0 Å². The van der Waals surface area contributed by atoms with E-state index >= 15 is 0 Å². The van der Waals surface area contributed by atoms with Gasteiger partial charge < -0.3 is 0 Å². The highest BCUT2D eigenvalue weighted by atomic mass is 32.2. The Hall–Kier alpha value is -2.44. The molecule has 2 aromatic heterocycles. The second-order valence-electron chi connectivity index (χ2n) is 6.07. The fourth-order valence-corrected chi connectivity index (χ4v) is 4.41. The predicted molar refractivity (Wildman–Crippen MR) is 108 cm³/mol. The van der Waals surface area contributed by atoms with Crippen LogP contribution in [0.25, 0.3) is 16.3 Å². The number of benzene rings is 2. The molecule has 0 spiro atoms. The van der Waals surface area contributed by atoms with E-state index in [0.29, 0.717) is 0 Å². The molecule has 0 amide bonds. The van der Waals surface area contributed by atoms with Gasteiger partial charge in [0, 0.05) is 16.7 Å². The van der Waals surface area contributed by atoms with Gasteiger partial charge in [-0.2, -0.15) is 0 Å². The molecule has 6 heteroatoms. The lowest BCUT2D eigenvalue weighted by atomic mass is 10.2. The molecule has 4 aromatic rings. The van der Waals surface area contributed by atoms with Gasteiger partial charge in [-0.3, -0.25) is 4.57 Å². The molecular weight excluding hydrogens is 360 g/mol. The molecule has 0 bridgehead atoms. The molecule has 0 unspecified atom stereocenters. The Bertz CT molecular complexity index is 1020. The maximum atomic E-state index is 4.77. The Kier molecular flexibility index (Phi) is 4.86. The molecule has 0 saturated carbocycles. The molecule has 26 heavy (non-hydrogen) atoms. The first kappa shape index (κ1) is 17.0. The van der Waals surface area contributed by atoms with E-state index in [1.807, 2.05) is 16.7 Å². The van der Waals surface area contributed by atoms with Crippen molar-refractivity contribution in [2.24, 2.45) is 0 Å². The molecule has 0 aliphatic carbocycles. The number of para-hydroxylation sites is 1. The van der Waals surface area contributed by atoms with Crippen LogP contribution in [-0.4, -0.2) is 19.7 Å². The van der Waals surface area contributed by atoms with Crippen LogP contribution in [0.1, 0.15) is 16.8 Å². The van der Waals surface area contributed by atoms with E-state index in [1.165, 1.54) is 16.7 Å². The van der Waals surface area contributed by atoms with Crippen LogP contribution in [-0.2, 0) is 5.75 Å². The van der Waals surface area contributed by atoms with Crippen molar-refractivity contribution >= 4 is 23.1 Å². The molecule has 0 atom stereocenters. The monoisotopic (exact) mass is 378 g/mol. The molecule has 4 rings (SSSR count). The summed E-state index contributed by atoms with van der Waals surface area (Å²) in [6.45, 7) is 4.19. The molecule has 4 nitrogen and oxygen atoms in total. The third-order valence-corrected chi connectivity index (χ3v) is 6.01. The lowest BCUT2D eigenvalue weighted by molar-refractivity contribution is 0.877. The molecule has 2 aromatic carbocycles. The van der Waals surface area contributed by atoms with Crippen LogP contribution >= 0.6 is 23.1 Å².